The summed E-state index contributed by atoms with van der Waals surface area (Å²) in [5, 5.41) is 7.33. The lowest BCUT2D eigenvalue weighted by atomic mass is 10.0. The molecule has 0 saturated carbocycles. The Labute approximate surface area is 118 Å². The van der Waals surface area contributed by atoms with Crippen molar-refractivity contribution in [1.29, 1.82) is 5.41 Å². The number of rotatable bonds is 4. The molecule has 1 atom stereocenters. The van der Waals surface area contributed by atoms with Crippen LogP contribution in [0.5, 0.6) is 0 Å². The third kappa shape index (κ3) is 3.55. The Morgan fingerprint density at radius 3 is 2.45 bits per heavy atom. The topological polar surface area (TPSA) is 105 Å². The third-order valence-corrected chi connectivity index (χ3v) is 3.36. The molecule has 1 aromatic rings. The van der Waals surface area contributed by atoms with Crippen LogP contribution < -0.4 is 11.5 Å². The van der Waals surface area contributed by atoms with Gasteiger partial charge in [0.1, 0.15) is 5.84 Å². The van der Waals surface area contributed by atoms with Crippen LogP contribution >= 0.6 is 0 Å². The first-order chi connectivity index (χ1) is 9.58. The molecule has 1 aromatic carbocycles. The van der Waals surface area contributed by atoms with E-state index in [0.717, 1.165) is 5.56 Å². The monoisotopic (exact) mass is 276 g/mol. The van der Waals surface area contributed by atoms with E-state index in [1.54, 1.807) is 17.0 Å². The maximum Gasteiger partial charge on any atom is 0.239 e. The zero-order valence-corrected chi connectivity index (χ0v) is 11.3. The Balaban J connectivity index is 1.94. The van der Waals surface area contributed by atoms with Crippen molar-refractivity contribution in [3.8, 4) is 0 Å². The van der Waals surface area contributed by atoms with Gasteiger partial charge in [-0.3, -0.25) is 10.2 Å². The van der Waals surface area contributed by atoms with Gasteiger partial charge in [0, 0.05) is 18.7 Å². The van der Waals surface area contributed by atoms with Crippen LogP contribution in [0.1, 0.15) is 11.1 Å². The van der Waals surface area contributed by atoms with Gasteiger partial charge in [-0.1, -0.05) is 24.3 Å². The van der Waals surface area contributed by atoms with E-state index >= 15 is 0 Å². The Hall–Kier alpha value is -1.92. The number of amidine groups is 1. The second-order valence-corrected chi connectivity index (χ2v) is 4.86. The average Bonchev–Trinajstić information content (AvgIpc) is 2.48. The van der Waals surface area contributed by atoms with Crippen LogP contribution in [0.25, 0.3) is 0 Å². The van der Waals surface area contributed by atoms with Crippen LogP contribution in [-0.4, -0.2) is 49.0 Å². The first kappa shape index (κ1) is 14.5. The molecule has 5 N–H and O–H groups in total. The van der Waals surface area contributed by atoms with Crippen LogP contribution in [0.4, 0.5) is 0 Å². The second-order valence-electron chi connectivity index (χ2n) is 4.86. The molecule has 6 nitrogen and oxygen atoms in total. The Morgan fingerprint density at radius 2 is 1.90 bits per heavy atom. The number of carbonyl (C=O) groups is 1. The van der Waals surface area contributed by atoms with Crippen LogP contribution in [0.2, 0.25) is 0 Å². The number of hydrogen-bond donors (Lipinski definition) is 3. The number of nitrogen functional groups attached to an aromatic ring is 1. The molecule has 2 rings (SSSR count). The van der Waals surface area contributed by atoms with Gasteiger partial charge in [0.25, 0.3) is 0 Å². The highest BCUT2D eigenvalue weighted by Crippen LogP contribution is 2.08. The molecule has 0 unspecified atom stereocenters. The maximum atomic E-state index is 12.2. The van der Waals surface area contributed by atoms with Crippen LogP contribution in [0.3, 0.4) is 0 Å². The zero-order valence-electron chi connectivity index (χ0n) is 11.3. The van der Waals surface area contributed by atoms with Crippen molar-refractivity contribution in [3.05, 3.63) is 35.4 Å². The fourth-order valence-corrected chi connectivity index (χ4v) is 2.18. The molecule has 0 radical (unpaired) electrons. The van der Waals surface area contributed by atoms with E-state index < -0.39 is 6.04 Å². The van der Waals surface area contributed by atoms with E-state index in [0.29, 0.717) is 38.3 Å². The molecular weight excluding hydrogens is 256 g/mol. The van der Waals surface area contributed by atoms with Gasteiger partial charge in [0.05, 0.1) is 19.3 Å². The fourth-order valence-electron chi connectivity index (χ4n) is 2.18. The lowest BCUT2D eigenvalue weighted by Gasteiger charge is -2.29. The minimum absolute atomic E-state index is 0.0326. The third-order valence-electron chi connectivity index (χ3n) is 3.36. The lowest BCUT2D eigenvalue weighted by Crippen LogP contribution is -2.49. The molecule has 1 fully saturated rings. The summed E-state index contributed by atoms with van der Waals surface area (Å²) >= 11 is 0. The minimum atomic E-state index is -0.545. The SMILES string of the molecule is N=C(N)c1ccc(C[C@H](N)C(=O)N2CCOCC2)cc1. The van der Waals surface area contributed by atoms with Gasteiger partial charge in [-0.2, -0.15) is 0 Å². The van der Waals surface area contributed by atoms with Crippen molar-refractivity contribution in [3.63, 3.8) is 0 Å². The summed E-state index contributed by atoms with van der Waals surface area (Å²) in [6.45, 7) is 2.36. The fraction of sp³-hybridized carbons (Fsp3) is 0.429. The van der Waals surface area contributed by atoms with E-state index in [-0.39, 0.29) is 11.7 Å². The van der Waals surface area contributed by atoms with Crippen molar-refractivity contribution in [2.75, 3.05) is 26.3 Å². The summed E-state index contributed by atoms with van der Waals surface area (Å²) in [5.74, 6) is -0.00538. The molecule has 1 saturated heterocycles. The standard InChI is InChI=1S/C14H20N4O2/c15-12(14(19)18-5-7-20-8-6-18)9-10-1-3-11(4-2-10)13(16)17/h1-4,12H,5-9,15H2,(H3,16,17)/t12-/m0/s1. The van der Waals surface area contributed by atoms with Gasteiger partial charge in [0.15, 0.2) is 0 Å². The molecular formula is C14H20N4O2. The molecule has 1 amide bonds. The van der Waals surface area contributed by atoms with Gasteiger partial charge in [0.2, 0.25) is 5.91 Å². The normalized spacial score (nSPS) is 16.8. The Bertz CT molecular complexity index is 480. The van der Waals surface area contributed by atoms with Crippen molar-refractivity contribution >= 4 is 11.7 Å². The predicted octanol–water partition coefficient (Wildman–Crippen LogP) is -0.301. The average molecular weight is 276 g/mol. The molecule has 1 heterocycles. The maximum absolute atomic E-state index is 12.2. The summed E-state index contributed by atoms with van der Waals surface area (Å²) in [6, 6.07) is 6.69. The second kappa shape index (κ2) is 6.49. The number of amides is 1. The first-order valence-corrected chi connectivity index (χ1v) is 6.63. The molecule has 0 aliphatic carbocycles. The summed E-state index contributed by atoms with van der Waals surface area (Å²) in [5.41, 5.74) is 13.0. The molecule has 0 bridgehead atoms. The largest absolute Gasteiger partial charge is 0.384 e. The molecule has 0 aromatic heterocycles. The number of carbonyl (C=O) groups excluding carboxylic acids is 1. The smallest absolute Gasteiger partial charge is 0.239 e. The van der Waals surface area contributed by atoms with Crippen molar-refractivity contribution in [1.82, 2.24) is 4.90 Å². The van der Waals surface area contributed by atoms with Gasteiger partial charge in [-0.25, -0.2) is 0 Å². The van der Waals surface area contributed by atoms with E-state index in [1.807, 2.05) is 12.1 Å². The van der Waals surface area contributed by atoms with Crippen molar-refractivity contribution in [2.45, 2.75) is 12.5 Å². The summed E-state index contributed by atoms with van der Waals surface area (Å²) in [6.07, 6.45) is 0.481. The van der Waals surface area contributed by atoms with E-state index in [9.17, 15) is 4.79 Å². The Morgan fingerprint density at radius 1 is 1.30 bits per heavy atom. The first-order valence-electron chi connectivity index (χ1n) is 6.63. The van der Waals surface area contributed by atoms with E-state index in [2.05, 4.69) is 0 Å². The van der Waals surface area contributed by atoms with Crippen molar-refractivity contribution < 1.29 is 9.53 Å². The van der Waals surface area contributed by atoms with Crippen molar-refractivity contribution in [2.24, 2.45) is 11.5 Å². The number of nitrogens with two attached hydrogens (primary N) is 2. The highest BCUT2D eigenvalue weighted by atomic mass is 16.5. The molecule has 0 spiro atoms. The zero-order chi connectivity index (χ0) is 14.5. The highest BCUT2D eigenvalue weighted by molar-refractivity contribution is 5.94. The van der Waals surface area contributed by atoms with Gasteiger partial charge in [-0.05, 0) is 12.0 Å². The van der Waals surface area contributed by atoms with E-state index in [1.165, 1.54) is 0 Å². The number of nitrogens with one attached hydrogen (secondary N) is 1. The van der Waals surface area contributed by atoms with Gasteiger partial charge < -0.3 is 21.1 Å². The number of nitrogens with zero attached hydrogens (tertiary/aromatic N) is 1. The Kier molecular flexibility index (Phi) is 4.70. The molecule has 20 heavy (non-hydrogen) atoms. The van der Waals surface area contributed by atoms with Crippen LogP contribution in [0, 0.1) is 5.41 Å². The summed E-state index contributed by atoms with van der Waals surface area (Å²) in [7, 11) is 0. The quantitative estimate of drug-likeness (QED) is 0.518. The summed E-state index contributed by atoms with van der Waals surface area (Å²) < 4.78 is 5.22. The lowest BCUT2D eigenvalue weighted by molar-refractivity contribution is -0.136. The number of morpholine rings is 1. The number of ether oxygens (including phenoxy) is 1. The van der Waals surface area contributed by atoms with Crippen LogP contribution in [0.15, 0.2) is 24.3 Å². The van der Waals surface area contributed by atoms with Gasteiger partial charge in [-0.15, -0.1) is 0 Å². The van der Waals surface area contributed by atoms with E-state index in [4.69, 9.17) is 21.6 Å². The highest BCUT2D eigenvalue weighted by Gasteiger charge is 2.22. The molecule has 1 aliphatic heterocycles. The molecule has 6 heteroatoms. The minimum Gasteiger partial charge on any atom is -0.384 e. The number of hydrogen-bond acceptors (Lipinski definition) is 4. The molecule has 1 aliphatic rings. The van der Waals surface area contributed by atoms with Gasteiger partial charge >= 0.3 is 0 Å². The summed E-state index contributed by atoms with van der Waals surface area (Å²) in [4.78, 5) is 13.9. The number of benzene rings is 1. The van der Waals surface area contributed by atoms with Crippen LogP contribution in [-0.2, 0) is 16.0 Å². The predicted molar refractivity (Wildman–Crippen MR) is 76.5 cm³/mol. The molecule has 108 valence electrons.